The summed E-state index contributed by atoms with van der Waals surface area (Å²) in [5.74, 6) is 1.69. The number of carbonyl (C=O) groups excluding carboxylic acids is 1. The van der Waals surface area contributed by atoms with Crippen LogP contribution >= 0.6 is 0 Å². The van der Waals surface area contributed by atoms with Crippen molar-refractivity contribution in [1.29, 1.82) is 0 Å². The Balaban J connectivity index is 1.83. The van der Waals surface area contributed by atoms with Crippen molar-refractivity contribution in [2.24, 2.45) is 0 Å². The zero-order valence-corrected chi connectivity index (χ0v) is 14.0. The van der Waals surface area contributed by atoms with Crippen LogP contribution in [0.25, 0.3) is 0 Å². The lowest BCUT2D eigenvalue weighted by Gasteiger charge is -2.25. The van der Waals surface area contributed by atoms with Crippen LogP contribution in [0.1, 0.15) is 67.4 Å². The third kappa shape index (κ3) is 2.75. The zero-order chi connectivity index (χ0) is 16.6. The van der Waals surface area contributed by atoms with Gasteiger partial charge in [0.05, 0.1) is 17.7 Å². The van der Waals surface area contributed by atoms with Crippen LogP contribution in [0.15, 0.2) is 9.05 Å². The van der Waals surface area contributed by atoms with Crippen molar-refractivity contribution in [3.8, 4) is 0 Å². The van der Waals surface area contributed by atoms with Crippen LogP contribution < -0.4 is 0 Å². The topological polar surface area (TPSA) is 85.3 Å². The van der Waals surface area contributed by atoms with E-state index in [1.54, 1.807) is 0 Å². The monoisotopic (exact) mass is 318 g/mol. The first-order valence-corrected chi connectivity index (χ1v) is 8.08. The molecule has 2 aromatic rings. The molecule has 7 heteroatoms. The summed E-state index contributed by atoms with van der Waals surface area (Å²) in [6, 6.07) is -0.102. The summed E-state index contributed by atoms with van der Waals surface area (Å²) in [4.78, 5) is 19.2. The molecule has 3 rings (SSSR count). The van der Waals surface area contributed by atoms with Crippen LogP contribution in [0.4, 0.5) is 0 Å². The molecule has 1 aliphatic rings. The first-order chi connectivity index (χ1) is 11.0. The van der Waals surface area contributed by atoms with E-state index in [0.717, 1.165) is 24.1 Å². The van der Waals surface area contributed by atoms with Crippen LogP contribution in [0, 0.1) is 13.8 Å². The van der Waals surface area contributed by atoms with Crippen molar-refractivity contribution in [3.05, 3.63) is 28.7 Å². The SMILES string of the molecule is CCc1nc(C2CCCN2C(=O)C(C)c2c(C)noc2C)no1. The van der Waals surface area contributed by atoms with E-state index >= 15 is 0 Å². The Kier molecular flexibility index (Phi) is 4.19. The van der Waals surface area contributed by atoms with Gasteiger partial charge in [0.25, 0.3) is 0 Å². The standard InChI is InChI=1S/C16H22N4O3/c1-5-13-17-15(19-23-13)12-7-6-8-20(12)16(21)9(2)14-10(3)18-22-11(14)4/h9,12H,5-8H2,1-4H3. The van der Waals surface area contributed by atoms with E-state index in [9.17, 15) is 4.79 Å². The highest BCUT2D eigenvalue weighted by atomic mass is 16.5. The Morgan fingerprint density at radius 3 is 2.74 bits per heavy atom. The summed E-state index contributed by atoms with van der Waals surface area (Å²) in [5, 5.41) is 8.00. The second kappa shape index (κ2) is 6.14. The first kappa shape index (κ1) is 15.7. The lowest BCUT2D eigenvalue weighted by atomic mass is 9.97. The summed E-state index contributed by atoms with van der Waals surface area (Å²) in [6.07, 6.45) is 2.51. The fourth-order valence-corrected chi connectivity index (χ4v) is 3.33. The number of nitrogens with zero attached hydrogens (tertiary/aromatic N) is 4. The van der Waals surface area contributed by atoms with Crippen molar-refractivity contribution < 1.29 is 13.8 Å². The quantitative estimate of drug-likeness (QED) is 0.861. The van der Waals surface area contributed by atoms with Gasteiger partial charge in [-0.25, -0.2) is 0 Å². The molecule has 1 aliphatic heterocycles. The Morgan fingerprint density at radius 1 is 1.35 bits per heavy atom. The zero-order valence-electron chi connectivity index (χ0n) is 14.0. The van der Waals surface area contributed by atoms with Gasteiger partial charge in [-0.05, 0) is 33.6 Å². The second-order valence-electron chi connectivity index (χ2n) is 6.05. The predicted molar refractivity (Wildman–Crippen MR) is 81.8 cm³/mol. The molecule has 2 atom stereocenters. The van der Waals surface area contributed by atoms with Gasteiger partial charge in [0.2, 0.25) is 11.8 Å². The van der Waals surface area contributed by atoms with E-state index in [-0.39, 0.29) is 17.9 Å². The summed E-state index contributed by atoms with van der Waals surface area (Å²) in [6.45, 7) is 8.29. The first-order valence-electron chi connectivity index (χ1n) is 8.08. The van der Waals surface area contributed by atoms with Crippen LogP contribution in [-0.2, 0) is 11.2 Å². The molecule has 0 N–H and O–H groups in total. The minimum atomic E-state index is -0.292. The molecular weight excluding hydrogens is 296 g/mol. The fraction of sp³-hybridized carbons (Fsp3) is 0.625. The van der Waals surface area contributed by atoms with E-state index in [1.807, 2.05) is 32.6 Å². The van der Waals surface area contributed by atoms with Crippen LogP contribution in [-0.4, -0.2) is 32.6 Å². The highest BCUT2D eigenvalue weighted by Crippen LogP contribution is 2.34. The van der Waals surface area contributed by atoms with Crippen molar-refractivity contribution in [2.45, 2.75) is 58.9 Å². The number of amides is 1. The Labute approximate surface area is 135 Å². The maximum Gasteiger partial charge on any atom is 0.230 e. The van der Waals surface area contributed by atoms with Gasteiger partial charge in [-0.3, -0.25) is 4.79 Å². The smallest absolute Gasteiger partial charge is 0.230 e. The van der Waals surface area contributed by atoms with Gasteiger partial charge in [-0.2, -0.15) is 4.98 Å². The summed E-state index contributed by atoms with van der Waals surface area (Å²) < 4.78 is 10.4. The average molecular weight is 318 g/mol. The number of aromatic nitrogens is 3. The molecule has 0 aliphatic carbocycles. The Bertz CT molecular complexity index is 686. The average Bonchev–Trinajstić information content (AvgIpc) is 3.25. The molecule has 0 spiro atoms. The van der Waals surface area contributed by atoms with E-state index in [2.05, 4.69) is 15.3 Å². The maximum atomic E-state index is 13.0. The van der Waals surface area contributed by atoms with Crippen molar-refractivity contribution in [2.75, 3.05) is 6.54 Å². The third-order valence-corrected chi connectivity index (χ3v) is 4.51. The van der Waals surface area contributed by atoms with Gasteiger partial charge in [0, 0.05) is 18.5 Å². The summed E-state index contributed by atoms with van der Waals surface area (Å²) >= 11 is 0. The van der Waals surface area contributed by atoms with Crippen LogP contribution in [0.5, 0.6) is 0 Å². The lowest BCUT2D eigenvalue weighted by molar-refractivity contribution is -0.133. The van der Waals surface area contributed by atoms with Gasteiger partial charge in [-0.15, -0.1) is 0 Å². The van der Waals surface area contributed by atoms with Gasteiger partial charge in [-0.1, -0.05) is 17.2 Å². The van der Waals surface area contributed by atoms with E-state index in [0.29, 0.717) is 30.4 Å². The molecule has 0 saturated carbocycles. The van der Waals surface area contributed by atoms with Gasteiger partial charge in [0.15, 0.2) is 5.82 Å². The van der Waals surface area contributed by atoms with Gasteiger partial charge < -0.3 is 13.9 Å². The van der Waals surface area contributed by atoms with E-state index < -0.39 is 0 Å². The minimum Gasteiger partial charge on any atom is -0.361 e. The second-order valence-corrected chi connectivity index (χ2v) is 6.05. The number of rotatable bonds is 4. The molecule has 2 unspecified atom stereocenters. The van der Waals surface area contributed by atoms with Crippen LogP contribution in [0.3, 0.4) is 0 Å². The number of carbonyl (C=O) groups is 1. The Morgan fingerprint density at radius 2 is 2.13 bits per heavy atom. The van der Waals surface area contributed by atoms with Crippen molar-refractivity contribution in [3.63, 3.8) is 0 Å². The molecule has 1 saturated heterocycles. The molecule has 1 fully saturated rings. The highest BCUT2D eigenvalue weighted by molar-refractivity contribution is 5.84. The molecule has 7 nitrogen and oxygen atoms in total. The number of hydrogen-bond acceptors (Lipinski definition) is 6. The molecule has 1 amide bonds. The fourth-order valence-electron chi connectivity index (χ4n) is 3.33. The number of likely N-dealkylation sites (tertiary alicyclic amines) is 1. The largest absolute Gasteiger partial charge is 0.361 e. The normalized spacial score (nSPS) is 19.3. The van der Waals surface area contributed by atoms with Gasteiger partial charge in [0.1, 0.15) is 5.76 Å². The molecule has 0 aromatic carbocycles. The molecule has 0 radical (unpaired) electrons. The summed E-state index contributed by atoms with van der Waals surface area (Å²) in [5.41, 5.74) is 1.65. The van der Waals surface area contributed by atoms with E-state index in [1.165, 1.54) is 0 Å². The van der Waals surface area contributed by atoms with E-state index in [4.69, 9.17) is 9.05 Å². The predicted octanol–water partition coefficient (Wildman–Crippen LogP) is 2.70. The molecule has 2 aromatic heterocycles. The van der Waals surface area contributed by atoms with Crippen molar-refractivity contribution in [1.82, 2.24) is 20.2 Å². The highest BCUT2D eigenvalue weighted by Gasteiger charge is 2.37. The molecule has 0 bridgehead atoms. The Hall–Kier alpha value is -2.18. The van der Waals surface area contributed by atoms with Crippen molar-refractivity contribution >= 4 is 5.91 Å². The molecule has 3 heterocycles. The minimum absolute atomic E-state index is 0.0600. The molecule has 124 valence electrons. The third-order valence-electron chi connectivity index (χ3n) is 4.51. The van der Waals surface area contributed by atoms with Crippen LogP contribution in [0.2, 0.25) is 0 Å². The number of aryl methyl sites for hydroxylation is 3. The molecular formula is C16H22N4O3. The lowest BCUT2D eigenvalue weighted by Crippen LogP contribution is -2.34. The number of hydrogen-bond donors (Lipinski definition) is 0. The maximum absolute atomic E-state index is 13.0. The molecule has 23 heavy (non-hydrogen) atoms. The summed E-state index contributed by atoms with van der Waals surface area (Å²) in [7, 11) is 0. The van der Waals surface area contributed by atoms with Gasteiger partial charge >= 0.3 is 0 Å².